The summed E-state index contributed by atoms with van der Waals surface area (Å²) in [7, 11) is 0. The van der Waals surface area contributed by atoms with Gasteiger partial charge in [-0.25, -0.2) is 0 Å². The number of nitriles is 1. The van der Waals surface area contributed by atoms with Gasteiger partial charge in [0.2, 0.25) is 0 Å². The van der Waals surface area contributed by atoms with Crippen molar-refractivity contribution in [2.24, 2.45) is 0 Å². The van der Waals surface area contributed by atoms with Crippen LogP contribution in [0.25, 0.3) is 0 Å². The molecule has 17 heavy (non-hydrogen) atoms. The van der Waals surface area contributed by atoms with E-state index in [1.54, 1.807) is 39.1 Å². The quantitative estimate of drug-likeness (QED) is 0.787. The highest BCUT2D eigenvalue weighted by molar-refractivity contribution is 9.10. The number of nitrogens with zero attached hydrogens (tertiary/aromatic N) is 2. The highest BCUT2D eigenvalue weighted by atomic mass is 79.9. The van der Waals surface area contributed by atoms with E-state index >= 15 is 0 Å². The normalized spacial score (nSPS) is 12.6. The molecule has 1 aromatic rings. The molecule has 0 aliphatic heterocycles. The van der Waals surface area contributed by atoms with Crippen LogP contribution in [0.2, 0.25) is 0 Å². The lowest BCUT2D eigenvalue weighted by atomic mass is 10.1. The first kappa shape index (κ1) is 13.7. The van der Waals surface area contributed by atoms with Gasteiger partial charge in [-0.1, -0.05) is 0 Å². The van der Waals surface area contributed by atoms with Gasteiger partial charge >= 0.3 is 5.97 Å². The maximum Gasteiger partial charge on any atom is 0.330 e. The molecular weight excluding hydrogens is 284 g/mol. The number of carbonyl (C=O) groups excluding carboxylic acids is 1. The van der Waals surface area contributed by atoms with Crippen molar-refractivity contribution >= 4 is 21.9 Å². The molecule has 1 rings (SSSR count). The maximum absolute atomic E-state index is 11.8. The van der Waals surface area contributed by atoms with Crippen LogP contribution in [-0.2, 0) is 9.53 Å². The molecule has 0 amide bonds. The highest BCUT2D eigenvalue weighted by Gasteiger charge is 2.27. The van der Waals surface area contributed by atoms with Gasteiger partial charge in [0.15, 0.2) is 5.92 Å². The molecule has 0 aromatic carbocycles. The van der Waals surface area contributed by atoms with Crippen LogP contribution in [-0.4, -0.2) is 16.6 Å². The standard InChI is InChI=1S/C12H13BrN2O2/c1-12(2,3)17-11(16)9(6-14)10-5-4-8(13)7-15-10/h4-5,7,9H,1-3H3. The Bertz CT molecular complexity index is 443. The Morgan fingerprint density at radius 1 is 1.53 bits per heavy atom. The Labute approximate surface area is 109 Å². The third-order valence-corrected chi connectivity index (χ3v) is 2.29. The zero-order chi connectivity index (χ0) is 13.1. The lowest BCUT2D eigenvalue weighted by molar-refractivity contribution is -0.155. The first-order chi connectivity index (χ1) is 7.83. The number of rotatable bonds is 2. The summed E-state index contributed by atoms with van der Waals surface area (Å²) < 4.78 is 5.96. The fraction of sp³-hybridized carbons (Fsp3) is 0.417. The van der Waals surface area contributed by atoms with E-state index in [2.05, 4.69) is 20.9 Å². The SMILES string of the molecule is CC(C)(C)OC(=O)C(C#N)c1ccc(Br)cn1. The van der Waals surface area contributed by atoms with E-state index in [9.17, 15) is 4.79 Å². The highest BCUT2D eigenvalue weighted by Crippen LogP contribution is 2.19. The molecule has 0 radical (unpaired) electrons. The second-order valence-electron chi connectivity index (χ2n) is 4.50. The predicted molar refractivity (Wildman–Crippen MR) is 66.1 cm³/mol. The van der Waals surface area contributed by atoms with Crippen LogP contribution in [0.1, 0.15) is 32.4 Å². The molecule has 0 aliphatic rings. The summed E-state index contributed by atoms with van der Waals surface area (Å²) in [6, 6.07) is 5.27. The molecule has 1 atom stereocenters. The monoisotopic (exact) mass is 296 g/mol. The van der Waals surface area contributed by atoms with E-state index in [1.165, 1.54) is 0 Å². The number of hydrogen-bond acceptors (Lipinski definition) is 4. The van der Waals surface area contributed by atoms with E-state index in [-0.39, 0.29) is 0 Å². The van der Waals surface area contributed by atoms with Crippen molar-refractivity contribution < 1.29 is 9.53 Å². The molecule has 1 aromatic heterocycles. The fourth-order valence-electron chi connectivity index (χ4n) is 1.16. The smallest absolute Gasteiger partial charge is 0.330 e. The number of aromatic nitrogens is 1. The summed E-state index contributed by atoms with van der Waals surface area (Å²) in [5.74, 6) is -1.56. The van der Waals surface area contributed by atoms with E-state index in [0.29, 0.717) is 5.69 Å². The third-order valence-electron chi connectivity index (χ3n) is 1.82. The van der Waals surface area contributed by atoms with Crippen molar-refractivity contribution in [1.29, 1.82) is 5.26 Å². The van der Waals surface area contributed by atoms with E-state index < -0.39 is 17.5 Å². The molecule has 0 N–H and O–H groups in total. The predicted octanol–water partition coefficient (Wildman–Crippen LogP) is 2.79. The summed E-state index contributed by atoms with van der Waals surface area (Å²) in [5, 5.41) is 9.01. The minimum atomic E-state index is -0.984. The molecule has 4 nitrogen and oxygen atoms in total. The van der Waals surface area contributed by atoms with Gasteiger partial charge in [0.05, 0.1) is 11.8 Å². The summed E-state index contributed by atoms with van der Waals surface area (Å²) in [4.78, 5) is 15.8. The van der Waals surface area contributed by atoms with E-state index in [4.69, 9.17) is 10.00 Å². The Balaban J connectivity index is 2.90. The number of carbonyl (C=O) groups is 1. The molecule has 0 fully saturated rings. The van der Waals surface area contributed by atoms with Gasteiger partial charge in [-0.05, 0) is 48.8 Å². The summed E-state index contributed by atoms with van der Waals surface area (Å²) in [5.41, 5.74) is -0.216. The van der Waals surface area contributed by atoms with Crippen molar-refractivity contribution in [2.45, 2.75) is 32.3 Å². The van der Waals surface area contributed by atoms with Crippen LogP contribution in [0.3, 0.4) is 0 Å². The van der Waals surface area contributed by atoms with Crippen molar-refractivity contribution in [3.8, 4) is 6.07 Å². The largest absolute Gasteiger partial charge is 0.459 e. The molecule has 1 heterocycles. The topological polar surface area (TPSA) is 63.0 Å². The van der Waals surface area contributed by atoms with E-state index in [1.807, 2.05) is 6.07 Å². The van der Waals surface area contributed by atoms with Crippen LogP contribution < -0.4 is 0 Å². The molecule has 5 heteroatoms. The van der Waals surface area contributed by atoms with Crippen LogP contribution in [0.5, 0.6) is 0 Å². The fourth-order valence-corrected chi connectivity index (χ4v) is 1.39. The van der Waals surface area contributed by atoms with Crippen molar-refractivity contribution in [2.75, 3.05) is 0 Å². The van der Waals surface area contributed by atoms with Crippen LogP contribution in [0.4, 0.5) is 0 Å². The summed E-state index contributed by atoms with van der Waals surface area (Å²) >= 11 is 3.24. The average molecular weight is 297 g/mol. The average Bonchev–Trinajstić information content (AvgIpc) is 2.19. The minimum absolute atomic E-state index is 0.393. The Kier molecular flexibility index (Phi) is 4.24. The number of hydrogen-bond donors (Lipinski definition) is 0. The zero-order valence-corrected chi connectivity index (χ0v) is 11.5. The van der Waals surface area contributed by atoms with Crippen LogP contribution in [0, 0.1) is 11.3 Å². The second kappa shape index (κ2) is 5.28. The van der Waals surface area contributed by atoms with Gasteiger partial charge in [0.25, 0.3) is 0 Å². The van der Waals surface area contributed by atoms with Crippen molar-refractivity contribution in [1.82, 2.24) is 4.98 Å². The molecule has 0 bridgehead atoms. The van der Waals surface area contributed by atoms with Gasteiger partial charge < -0.3 is 4.74 Å². The summed E-state index contributed by atoms with van der Waals surface area (Å²) in [6.07, 6.45) is 1.55. The number of pyridine rings is 1. The summed E-state index contributed by atoms with van der Waals surface area (Å²) in [6.45, 7) is 5.27. The van der Waals surface area contributed by atoms with Crippen molar-refractivity contribution in [3.63, 3.8) is 0 Å². The zero-order valence-electron chi connectivity index (χ0n) is 9.90. The van der Waals surface area contributed by atoms with Gasteiger partial charge in [0.1, 0.15) is 5.60 Å². The third kappa shape index (κ3) is 4.16. The molecule has 0 aliphatic carbocycles. The Hall–Kier alpha value is -1.41. The first-order valence-corrected chi connectivity index (χ1v) is 5.87. The molecule has 0 saturated carbocycles. The second-order valence-corrected chi connectivity index (χ2v) is 5.41. The maximum atomic E-state index is 11.8. The molecule has 1 unspecified atom stereocenters. The van der Waals surface area contributed by atoms with Gasteiger partial charge in [-0.2, -0.15) is 5.26 Å². The minimum Gasteiger partial charge on any atom is -0.459 e. The number of halogens is 1. The molecule has 0 spiro atoms. The Morgan fingerprint density at radius 3 is 2.59 bits per heavy atom. The molecular formula is C12H13BrN2O2. The van der Waals surface area contributed by atoms with Gasteiger partial charge in [0, 0.05) is 10.7 Å². The van der Waals surface area contributed by atoms with Crippen LogP contribution in [0.15, 0.2) is 22.8 Å². The number of esters is 1. The lowest BCUT2D eigenvalue weighted by Gasteiger charge is -2.21. The first-order valence-electron chi connectivity index (χ1n) is 5.07. The van der Waals surface area contributed by atoms with Crippen LogP contribution >= 0.6 is 15.9 Å². The van der Waals surface area contributed by atoms with Crippen molar-refractivity contribution in [3.05, 3.63) is 28.5 Å². The van der Waals surface area contributed by atoms with Gasteiger partial charge in [-0.15, -0.1) is 0 Å². The molecule has 90 valence electrons. The van der Waals surface area contributed by atoms with Gasteiger partial charge in [-0.3, -0.25) is 9.78 Å². The Morgan fingerprint density at radius 2 is 2.18 bits per heavy atom. The molecule has 0 saturated heterocycles. The van der Waals surface area contributed by atoms with E-state index in [0.717, 1.165) is 4.47 Å². The lowest BCUT2D eigenvalue weighted by Crippen LogP contribution is -2.27. The number of ether oxygens (including phenoxy) is 1.